The minimum absolute atomic E-state index is 0.0122. The summed E-state index contributed by atoms with van der Waals surface area (Å²) in [5.41, 5.74) is 2.40. The van der Waals surface area contributed by atoms with Crippen molar-refractivity contribution in [1.29, 1.82) is 0 Å². The molecule has 2 heterocycles. The number of benzene rings is 1. The van der Waals surface area contributed by atoms with Crippen LogP contribution in [0.3, 0.4) is 0 Å². The van der Waals surface area contributed by atoms with Crippen LogP contribution in [0.1, 0.15) is 43.8 Å². The SMILES string of the molecule is COc1ccc(C(=O)N2CCN(C)CC2)cc1NC(=O)c1cc2c(s1)CCC(C)C2. The van der Waals surface area contributed by atoms with Crippen molar-refractivity contribution in [2.75, 3.05) is 45.7 Å². The molecule has 7 heteroatoms. The van der Waals surface area contributed by atoms with Crippen LogP contribution in [0, 0.1) is 5.92 Å². The number of rotatable bonds is 4. The lowest BCUT2D eigenvalue weighted by Crippen LogP contribution is -2.47. The number of anilines is 1. The second kappa shape index (κ2) is 8.78. The van der Waals surface area contributed by atoms with E-state index in [1.165, 1.54) is 16.9 Å². The Morgan fingerprint density at radius 3 is 2.67 bits per heavy atom. The molecule has 1 aromatic carbocycles. The maximum absolute atomic E-state index is 12.9. The number of nitrogens with zero attached hydrogens (tertiary/aromatic N) is 2. The van der Waals surface area contributed by atoms with Gasteiger partial charge in [-0.2, -0.15) is 0 Å². The lowest BCUT2D eigenvalue weighted by molar-refractivity contribution is 0.0664. The third-order valence-electron chi connectivity index (χ3n) is 6.04. The number of carbonyl (C=O) groups excluding carboxylic acids is 2. The van der Waals surface area contributed by atoms with E-state index in [1.807, 2.05) is 11.0 Å². The van der Waals surface area contributed by atoms with E-state index in [9.17, 15) is 9.59 Å². The summed E-state index contributed by atoms with van der Waals surface area (Å²) in [5, 5.41) is 2.97. The lowest BCUT2D eigenvalue weighted by Gasteiger charge is -2.32. The van der Waals surface area contributed by atoms with Gasteiger partial charge in [0.1, 0.15) is 5.75 Å². The summed E-state index contributed by atoms with van der Waals surface area (Å²) in [6.07, 6.45) is 3.27. The average Bonchev–Trinajstić information content (AvgIpc) is 3.17. The van der Waals surface area contributed by atoms with Crippen molar-refractivity contribution in [2.45, 2.75) is 26.2 Å². The van der Waals surface area contributed by atoms with Crippen LogP contribution in [0.4, 0.5) is 5.69 Å². The number of thiophene rings is 1. The molecule has 1 aliphatic carbocycles. The Labute approximate surface area is 181 Å². The van der Waals surface area contributed by atoms with Gasteiger partial charge in [0, 0.05) is 36.6 Å². The second-order valence-electron chi connectivity index (χ2n) is 8.37. The van der Waals surface area contributed by atoms with Gasteiger partial charge in [0.15, 0.2) is 0 Å². The van der Waals surface area contributed by atoms with E-state index in [0.29, 0.717) is 40.9 Å². The van der Waals surface area contributed by atoms with Crippen LogP contribution in [0.25, 0.3) is 0 Å². The topological polar surface area (TPSA) is 61.9 Å². The molecule has 2 aliphatic rings. The van der Waals surface area contributed by atoms with E-state index in [-0.39, 0.29) is 11.8 Å². The number of piperazine rings is 1. The molecule has 6 nitrogen and oxygen atoms in total. The van der Waals surface area contributed by atoms with E-state index in [1.54, 1.807) is 36.6 Å². The molecule has 0 bridgehead atoms. The molecule has 30 heavy (non-hydrogen) atoms. The zero-order valence-corrected chi connectivity index (χ0v) is 18.7. The number of ether oxygens (including phenoxy) is 1. The van der Waals surface area contributed by atoms with Crippen molar-refractivity contribution < 1.29 is 14.3 Å². The molecule has 0 radical (unpaired) electrons. The van der Waals surface area contributed by atoms with Gasteiger partial charge in [-0.05, 0) is 62.1 Å². The van der Waals surface area contributed by atoms with Crippen LogP contribution in [-0.4, -0.2) is 62.0 Å². The van der Waals surface area contributed by atoms with Gasteiger partial charge in [0.25, 0.3) is 11.8 Å². The molecule has 4 rings (SSSR count). The minimum atomic E-state index is -0.149. The molecule has 1 unspecified atom stereocenters. The predicted octanol–water partition coefficient (Wildman–Crippen LogP) is 3.52. The molecule has 1 atom stereocenters. The molecule has 1 N–H and O–H groups in total. The molecule has 1 fully saturated rings. The standard InChI is InChI=1S/C23H29N3O3S/c1-15-4-7-20-17(12-15)14-21(30-20)22(27)24-18-13-16(5-6-19(18)29-3)23(28)26-10-8-25(2)9-11-26/h5-6,13-15H,4,7-12H2,1-3H3,(H,24,27). The third kappa shape index (κ3) is 4.37. The zero-order chi connectivity index (χ0) is 21.3. The highest BCUT2D eigenvalue weighted by Gasteiger charge is 2.23. The number of nitrogens with one attached hydrogen (secondary N) is 1. The number of carbonyl (C=O) groups is 2. The van der Waals surface area contributed by atoms with E-state index >= 15 is 0 Å². The maximum atomic E-state index is 12.9. The van der Waals surface area contributed by atoms with E-state index < -0.39 is 0 Å². The number of likely N-dealkylation sites (N-methyl/N-ethyl adjacent to an activating group) is 1. The molecular formula is C23H29N3O3S. The third-order valence-corrected chi connectivity index (χ3v) is 7.27. The Morgan fingerprint density at radius 2 is 1.93 bits per heavy atom. The minimum Gasteiger partial charge on any atom is -0.495 e. The van der Waals surface area contributed by atoms with Crippen molar-refractivity contribution in [2.24, 2.45) is 5.92 Å². The molecule has 0 saturated carbocycles. The smallest absolute Gasteiger partial charge is 0.265 e. The summed E-state index contributed by atoms with van der Waals surface area (Å²) < 4.78 is 5.43. The monoisotopic (exact) mass is 427 g/mol. The molecular weight excluding hydrogens is 398 g/mol. The molecule has 2 amide bonds. The zero-order valence-electron chi connectivity index (χ0n) is 17.9. The van der Waals surface area contributed by atoms with Crippen LogP contribution in [-0.2, 0) is 12.8 Å². The van der Waals surface area contributed by atoms with Gasteiger partial charge < -0.3 is 19.9 Å². The summed E-state index contributed by atoms with van der Waals surface area (Å²) >= 11 is 1.58. The average molecular weight is 428 g/mol. The van der Waals surface area contributed by atoms with Gasteiger partial charge in [-0.1, -0.05) is 6.92 Å². The Morgan fingerprint density at radius 1 is 1.17 bits per heavy atom. The highest BCUT2D eigenvalue weighted by molar-refractivity contribution is 7.14. The normalized spacial score (nSPS) is 19.3. The maximum Gasteiger partial charge on any atom is 0.265 e. The summed E-state index contributed by atoms with van der Waals surface area (Å²) in [7, 11) is 3.63. The fourth-order valence-corrected chi connectivity index (χ4v) is 5.24. The first-order valence-electron chi connectivity index (χ1n) is 10.5. The summed E-state index contributed by atoms with van der Waals surface area (Å²) in [6, 6.07) is 7.27. The Kier molecular flexibility index (Phi) is 6.11. The first-order chi connectivity index (χ1) is 14.4. The molecule has 1 saturated heterocycles. The van der Waals surface area contributed by atoms with E-state index in [4.69, 9.17) is 4.74 Å². The second-order valence-corrected chi connectivity index (χ2v) is 9.51. The first kappa shape index (κ1) is 20.9. The van der Waals surface area contributed by atoms with Gasteiger partial charge in [0.05, 0.1) is 17.7 Å². The Bertz CT molecular complexity index is 947. The predicted molar refractivity (Wildman–Crippen MR) is 120 cm³/mol. The van der Waals surface area contributed by atoms with E-state index in [2.05, 4.69) is 24.2 Å². The molecule has 2 aromatic rings. The highest BCUT2D eigenvalue weighted by atomic mass is 32.1. The van der Waals surface area contributed by atoms with E-state index in [0.717, 1.165) is 25.9 Å². The van der Waals surface area contributed by atoms with Gasteiger partial charge in [-0.25, -0.2) is 0 Å². The summed E-state index contributed by atoms with van der Waals surface area (Å²) in [6.45, 7) is 5.42. The molecule has 1 aliphatic heterocycles. The Balaban J connectivity index is 1.52. The molecule has 160 valence electrons. The van der Waals surface area contributed by atoms with Crippen LogP contribution in [0.5, 0.6) is 5.75 Å². The summed E-state index contributed by atoms with van der Waals surface area (Å²) in [4.78, 5) is 32.0. The van der Waals surface area contributed by atoms with Crippen molar-refractivity contribution in [1.82, 2.24) is 9.80 Å². The summed E-state index contributed by atoms with van der Waals surface area (Å²) in [5.74, 6) is 1.06. The molecule has 0 spiro atoms. The van der Waals surface area contributed by atoms with Crippen molar-refractivity contribution >= 4 is 28.8 Å². The number of hydrogen-bond acceptors (Lipinski definition) is 5. The fraction of sp³-hybridized carbons (Fsp3) is 0.478. The quantitative estimate of drug-likeness (QED) is 0.811. The van der Waals surface area contributed by atoms with Crippen molar-refractivity contribution in [3.05, 3.63) is 45.1 Å². The van der Waals surface area contributed by atoms with Crippen LogP contribution in [0.2, 0.25) is 0 Å². The van der Waals surface area contributed by atoms with Crippen LogP contribution >= 0.6 is 11.3 Å². The number of aryl methyl sites for hydroxylation is 1. The van der Waals surface area contributed by atoms with Gasteiger partial charge in [-0.3, -0.25) is 9.59 Å². The van der Waals surface area contributed by atoms with Crippen molar-refractivity contribution in [3.63, 3.8) is 0 Å². The number of methoxy groups -OCH3 is 1. The first-order valence-corrected chi connectivity index (χ1v) is 11.3. The number of amides is 2. The fourth-order valence-electron chi connectivity index (χ4n) is 4.13. The van der Waals surface area contributed by atoms with Crippen molar-refractivity contribution in [3.8, 4) is 5.75 Å². The van der Waals surface area contributed by atoms with Crippen LogP contribution in [0.15, 0.2) is 24.3 Å². The number of hydrogen-bond donors (Lipinski definition) is 1. The Hall–Kier alpha value is -2.38. The van der Waals surface area contributed by atoms with Gasteiger partial charge >= 0.3 is 0 Å². The van der Waals surface area contributed by atoms with Gasteiger partial charge in [0.2, 0.25) is 0 Å². The van der Waals surface area contributed by atoms with Gasteiger partial charge in [-0.15, -0.1) is 11.3 Å². The lowest BCUT2D eigenvalue weighted by atomic mass is 9.90. The number of fused-ring (bicyclic) bond motifs is 1. The highest BCUT2D eigenvalue weighted by Crippen LogP contribution is 2.33. The van der Waals surface area contributed by atoms with Crippen LogP contribution < -0.4 is 10.1 Å². The molecule has 1 aromatic heterocycles. The largest absolute Gasteiger partial charge is 0.495 e.